The molecule has 0 radical (unpaired) electrons. The topological polar surface area (TPSA) is 107 Å². The predicted molar refractivity (Wildman–Crippen MR) is 165 cm³/mol. The number of benzene rings is 2. The fraction of sp³-hybridized carbons (Fsp3) is 0.156. The molecular weight excluding hydrogens is 517 g/mol. The van der Waals surface area contributed by atoms with E-state index < -0.39 is 6.17 Å². The van der Waals surface area contributed by atoms with Crippen LogP contribution in [0.15, 0.2) is 113 Å². The number of anilines is 2. The second kappa shape index (κ2) is 14.3. The Bertz CT molecular complexity index is 1550. The average molecular weight is 550 g/mol. The van der Waals surface area contributed by atoms with E-state index in [0.717, 1.165) is 28.1 Å². The fourth-order valence-electron chi connectivity index (χ4n) is 4.06. The van der Waals surface area contributed by atoms with Gasteiger partial charge in [-0.2, -0.15) is 5.10 Å². The van der Waals surface area contributed by atoms with Gasteiger partial charge in [-0.1, -0.05) is 37.8 Å². The smallest absolute Gasteiger partial charge is 0.149 e. The molecule has 41 heavy (non-hydrogen) atoms. The SMILES string of the molecule is C=CN=C(CN/N=C/c1ccc(Nc2ccc(-c3cccc(O)c3)cc2)cn1)N=C(c1ccncc1CC)C(C)F. The zero-order valence-electron chi connectivity index (χ0n) is 23.0. The number of aryl methyl sites for hydroxylation is 1. The first-order valence-corrected chi connectivity index (χ1v) is 13.2. The molecular formula is C32H32FN7O. The van der Waals surface area contributed by atoms with E-state index in [1.54, 1.807) is 43.0 Å². The number of amidine groups is 1. The number of nitrogens with one attached hydrogen (secondary N) is 2. The Morgan fingerprint density at radius 1 is 1.05 bits per heavy atom. The van der Waals surface area contributed by atoms with Gasteiger partial charge in [0.15, 0.2) is 0 Å². The molecule has 4 aromatic rings. The second-order valence-corrected chi connectivity index (χ2v) is 9.04. The minimum absolute atomic E-state index is 0.170. The van der Waals surface area contributed by atoms with Crippen molar-refractivity contribution in [1.82, 2.24) is 15.4 Å². The van der Waals surface area contributed by atoms with Crippen LogP contribution in [-0.4, -0.2) is 45.6 Å². The maximum Gasteiger partial charge on any atom is 0.149 e. The van der Waals surface area contributed by atoms with E-state index in [9.17, 15) is 9.50 Å². The van der Waals surface area contributed by atoms with Crippen molar-refractivity contribution in [3.63, 3.8) is 0 Å². The molecule has 2 heterocycles. The summed E-state index contributed by atoms with van der Waals surface area (Å²) in [5, 5.41) is 17.2. The summed E-state index contributed by atoms with van der Waals surface area (Å²) in [4.78, 5) is 17.2. The van der Waals surface area contributed by atoms with Crippen molar-refractivity contribution in [3.05, 3.63) is 115 Å². The molecule has 9 heteroatoms. The number of phenols is 1. The summed E-state index contributed by atoms with van der Waals surface area (Å²) in [5.41, 5.74) is 9.14. The summed E-state index contributed by atoms with van der Waals surface area (Å²) in [6, 6.07) is 20.6. The van der Waals surface area contributed by atoms with Crippen LogP contribution in [0.2, 0.25) is 0 Å². The molecule has 3 N–H and O–H groups in total. The van der Waals surface area contributed by atoms with Crippen LogP contribution in [0.25, 0.3) is 11.1 Å². The Labute approximate surface area is 239 Å². The highest BCUT2D eigenvalue weighted by atomic mass is 19.1. The summed E-state index contributed by atoms with van der Waals surface area (Å²) in [7, 11) is 0. The minimum atomic E-state index is -1.30. The van der Waals surface area contributed by atoms with Gasteiger partial charge in [-0.3, -0.25) is 9.97 Å². The summed E-state index contributed by atoms with van der Waals surface area (Å²) < 4.78 is 14.5. The van der Waals surface area contributed by atoms with E-state index in [0.29, 0.717) is 23.5 Å². The van der Waals surface area contributed by atoms with Crippen LogP contribution in [0.5, 0.6) is 5.75 Å². The number of nitrogens with zero attached hydrogens (tertiary/aromatic N) is 5. The number of alkyl halides is 1. The molecule has 0 spiro atoms. The molecule has 0 aliphatic carbocycles. The zero-order chi connectivity index (χ0) is 29.0. The van der Waals surface area contributed by atoms with Crippen LogP contribution in [0, 0.1) is 0 Å². The molecule has 1 unspecified atom stereocenters. The third kappa shape index (κ3) is 8.15. The number of aromatic nitrogens is 2. The molecule has 2 aromatic carbocycles. The van der Waals surface area contributed by atoms with E-state index >= 15 is 0 Å². The van der Waals surface area contributed by atoms with Gasteiger partial charge in [0.1, 0.15) is 17.8 Å². The molecule has 0 saturated heterocycles. The van der Waals surface area contributed by atoms with Gasteiger partial charge in [-0.05, 0) is 72.5 Å². The third-order valence-electron chi connectivity index (χ3n) is 6.09. The van der Waals surface area contributed by atoms with Crippen LogP contribution >= 0.6 is 0 Å². The van der Waals surface area contributed by atoms with Crippen LogP contribution in [-0.2, 0) is 6.42 Å². The summed E-state index contributed by atoms with van der Waals surface area (Å²) in [6.45, 7) is 7.25. The number of hydrogen-bond acceptors (Lipinski definition) is 7. The van der Waals surface area contributed by atoms with Gasteiger partial charge < -0.3 is 15.8 Å². The molecule has 0 aliphatic rings. The molecule has 0 amide bonds. The lowest BCUT2D eigenvalue weighted by Crippen LogP contribution is -2.22. The second-order valence-electron chi connectivity index (χ2n) is 9.04. The van der Waals surface area contributed by atoms with Crippen molar-refractivity contribution in [2.45, 2.75) is 26.4 Å². The summed E-state index contributed by atoms with van der Waals surface area (Å²) >= 11 is 0. The molecule has 0 aliphatic heterocycles. The van der Waals surface area contributed by atoms with E-state index in [1.165, 1.54) is 13.1 Å². The van der Waals surface area contributed by atoms with Crippen LogP contribution < -0.4 is 10.7 Å². The maximum atomic E-state index is 14.5. The predicted octanol–water partition coefficient (Wildman–Crippen LogP) is 6.47. The highest BCUT2D eigenvalue weighted by Crippen LogP contribution is 2.25. The van der Waals surface area contributed by atoms with E-state index in [-0.39, 0.29) is 18.0 Å². The van der Waals surface area contributed by atoms with Crippen molar-refractivity contribution in [2.75, 3.05) is 11.9 Å². The van der Waals surface area contributed by atoms with E-state index in [2.05, 4.69) is 42.4 Å². The first-order valence-electron chi connectivity index (χ1n) is 13.2. The normalized spacial score (nSPS) is 12.8. The van der Waals surface area contributed by atoms with Crippen molar-refractivity contribution >= 4 is 29.1 Å². The van der Waals surface area contributed by atoms with E-state index in [1.807, 2.05) is 55.5 Å². The Kier molecular flexibility index (Phi) is 10.0. The number of pyridine rings is 2. The number of rotatable bonds is 11. The van der Waals surface area contributed by atoms with Crippen molar-refractivity contribution in [3.8, 4) is 16.9 Å². The average Bonchev–Trinajstić information content (AvgIpc) is 2.99. The minimum Gasteiger partial charge on any atom is -0.508 e. The molecule has 0 saturated carbocycles. The maximum absolute atomic E-state index is 14.5. The van der Waals surface area contributed by atoms with Gasteiger partial charge in [0.25, 0.3) is 0 Å². The van der Waals surface area contributed by atoms with Gasteiger partial charge in [0.2, 0.25) is 0 Å². The Hall–Kier alpha value is -5.18. The highest BCUT2D eigenvalue weighted by molar-refractivity contribution is 6.11. The quantitative estimate of drug-likeness (QED) is 0.113. The Balaban J connectivity index is 1.35. The lowest BCUT2D eigenvalue weighted by molar-refractivity contribution is 0.455. The van der Waals surface area contributed by atoms with Gasteiger partial charge in [-0.25, -0.2) is 14.4 Å². The standard InChI is InChI=1S/C32H32FN7O/c1-4-23-18-34-16-15-30(23)32(22(3)33)40-31(35-5-2)21-38-37-20-27-13-14-28(19-36-27)39-26-11-9-24(10-12-26)25-7-6-8-29(41)17-25/h5-20,22,38-39,41H,2,4,21H2,1,3H3/b35-31?,37-20+,40-32?. The molecule has 0 bridgehead atoms. The van der Waals surface area contributed by atoms with Crippen molar-refractivity contribution in [1.29, 1.82) is 0 Å². The first-order chi connectivity index (χ1) is 20.0. The number of hydrogen-bond donors (Lipinski definition) is 3. The van der Waals surface area contributed by atoms with Crippen molar-refractivity contribution in [2.24, 2.45) is 15.1 Å². The van der Waals surface area contributed by atoms with Gasteiger partial charge in [0, 0.05) is 29.8 Å². The molecule has 1 atom stereocenters. The number of aromatic hydroxyl groups is 1. The molecule has 0 fully saturated rings. The van der Waals surface area contributed by atoms with Crippen LogP contribution in [0.4, 0.5) is 15.8 Å². The van der Waals surface area contributed by atoms with Gasteiger partial charge in [0.05, 0.1) is 36.0 Å². The summed E-state index contributed by atoms with van der Waals surface area (Å²) in [6.07, 6.45) is 7.43. The monoisotopic (exact) mass is 549 g/mol. The molecule has 4 rings (SSSR count). The molecule has 2 aromatic heterocycles. The fourth-order valence-corrected chi connectivity index (χ4v) is 4.06. The van der Waals surface area contributed by atoms with E-state index in [4.69, 9.17) is 0 Å². The Morgan fingerprint density at radius 3 is 2.54 bits per heavy atom. The first kappa shape index (κ1) is 28.8. The van der Waals surface area contributed by atoms with Gasteiger partial charge in [-0.15, -0.1) is 0 Å². The Morgan fingerprint density at radius 2 is 1.85 bits per heavy atom. The zero-order valence-corrected chi connectivity index (χ0v) is 23.0. The highest BCUT2D eigenvalue weighted by Gasteiger charge is 2.16. The summed E-state index contributed by atoms with van der Waals surface area (Å²) in [5.74, 6) is 0.582. The number of aliphatic imine (C=N–C) groups is 2. The van der Waals surface area contributed by atoms with Crippen molar-refractivity contribution < 1.29 is 9.50 Å². The van der Waals surface area contributed by atoms with Crippen LogP contribution in [0.3, 0.4) is 0 Å². The lowest BCUT2D eigenvalue weighted by atomic mass is 10.0. The third-order valence-corrected chi connectivity index (χ3v) is 6.09. The largest absolute Gasteiger partial charge is 0.508 e. The number of hydrazone groups is 1. The number of halogens is 1. The molecule has 8 nitrogen and oxygen atoms in total. The van der Waals surface area contributed by atoms with Gasteiger partial charge >= 0.3 is 0 Å². The molecule has 208 valence electrons. The lowest BCUT2D eigenvalue weighted by Gasteiger charge is -2.12. The number of phenolic OH excluding ortho intramolecular Hbond substituents is 1. The van der Waals surface area contributed by atoms with Crippen LogP contribution in [0.1, 0.15) is 30.7 Å².